The van der Waals surface area contributed by atoms with Crippen molar-refractivity contribution in [2.45, 2.75) is 82.8 Å². The Morgan fingerprint density at radius 3 is 2.04 bits per heavy atom. The Bertz CT molecular complexity index is 473. The zero-order chi connectivity index (χ0) is 17.9. The van der Waals surface area contributed by atoms with Gasteiger partial charge in [0.05, 0.1) is 25.4 Å². The Morgan fingerprint density at radius 2 is 1.38 bits per heavy atom. The third-order valence-corrected chi connectivity index (χ3v) is 6.74. The fourth-order valence-electron chi connectivity index (χ4n) is 4.84. The van der Waals surface area contributed by atoms with Crippen LogP contribution in [0.15, 0.2) is 0 Å². The van der Waals surface area contributed by atoms with Crippen molar-refractivity contribution in [3.05, 3.63) is 0 Å². The molecule has 26 heavy (non-hydrogen) atoms. The number of esters is 2. The summed E-state index contributed by atoms with van der Waals surface area (Å²) in [5.74, 6) is 2.69. The van der Waals surface area contributed by atoms with E-state index in [-0.39, 0.29) is 11.9 Å². The third kappa shape index (κ3) is 5.21. The number of rotatable bonds is 9. The second-order valence-corrected chi connectivity index (χ2v) is 8.90. The van der Waals surface area contributed by atoms with Crippen molar-refractivity contribution < 1.29 is 23.8 Å². The molecule has 1 aliphatic heterocycles. The summed E-state index contributed by atoms with van der Waals surface area (Å²) < 4.78 is 16.3. The first-order valence-corrected chi connectivity index (χ1v) is 10.6. The van der Waals surface area contributed by atoms with Crippen molar-refractivity contribution in [2.24, 2.45) is 23.7 Å². The number of epoxide rings is 1. The molecule has 3 aliphatic carbocycles. The molecule has 5 heteroatoms. The smallest absolute Gasteiger partial charge is 0.305 e. The summed E-state index contributed by atoms with van der Waals surface area (Å²) in [6, 6.07) is 0. The van der Waals surface area contributed by atoms with E-state index in [1.54, 1.807) is 0 Å². The van der Waals surface area contributed by atoms with Crippen LogP contribution in [0.3, 0.4) is 0 Å². The van der Waals surface area contributed by atoms with E-state index >= 15 is 0 Å². The molecule has 4 aliphatic rings. The number of hydrogen-bond donors (Lipinski definition) is 0. The SMILES string of the molecule is O=C(CCCCC(=O)OCC1CCC2OC2C1)OCC1CCC2CC2C1. The molecule has 0 aromatic rings. The normalized spacial score (nSPS) is 37.2. The largest absolute Gasteiger partial charge is 0.465 e. The van der Waals surface area contributed by atoms with Gasteiger partial charge in [-0.1, -0.05) is 0 Å². The van der Waals surface area contributed by atoms with Crippen molar-refractivity contribution in [2.75, 3.05) is 13.2 Å². The van der Waals surface area contributed by atoms with Crippen LogP contribution in [0.4, 0.5) is 0 Å². The highest BCUT2D eigenvalue weighted by Crippen LogP contribution is 2.51. The minimum atomic E-state index is -0.140. The number of fused-ring (bicyclic) bond motifs is 2. The summed E-state index contributed by atoms with van der Waals surface area (Å²) in [4.78, 5) is 23.7. The molecule has 0 amide bonds. The lowest BCUT2D eigenvalue weighted by atomic mass is 9.90. The van der Waals surface area contributed by atoms with Crippen molar-refractivity contribution in [3.63, 3.8) is 0 Å². The second kappa shape index (κ2) is 8.28. The minimum Gasteiger partial charge on any atom is -0.465 e. The lowest BCUT2D eigenvalue weighted by molar-refractivity contribution is -0.147. The molecule has 0 N–H and O–H groups in total. The summed E-state index contributed by atoms with van der Waals surface area (Å²) >= 11 is 0. The topological polar surface area (TPSA) is 65.1 Å². The number of carbonyl (C=O) groups excluding carboxylic acids is 2. The van der Waals surface area contributed by atoms with E-state index in [1.807, 2.05) is 0 Å². The highest BCUT2D eigenvalue weighted by Gasteiger charge is 2.44. The summed E-state index contributed by atoms with van der Waals surface area (Å²) in [6.07, 6.45) is 11.6. The van der Waals surface area contributed by atoms with Gasteiger partial charge in [-0.3, -0.25) is 9.59 Å². The Labute approximate surface area is 156 Å². The van der Waals surface area contributed by atoms with Crippen LogP contribution in [0.5, 0.6) is 0 Å². The Kier molecular flexibility index (Phi) is 5.82. The van der Waals surface area contributed by atoms with Crippen LogP contribution in [0.25, 0.3) is 0 Å². The van der Waals surface area contributed by atoms with Crippen LogP contribution < -0.4 is 0 Å². The predicted molar refractivity (Wildman–Crippen MR) is 95.3 cm³/mol. The van der Waals surface area contributed by atoms with Gasteiger partial charge in [0, 0.05) is 12.8 Å². The molecule has 6 atom stereocenters. The summed E-state index contributed by atoms with van der Waals surface area (Å²) in [7, 11) is 0. The Morgan fingerprint density at radius 1 is 0.731 bits per heavy atom. The van der Waals surface area contributed by atoms with Crippen molar-refractivity contribution in [3.8, 4) is 0 Å². The van der Waals surface area contributed by atoms with Gasteiger partial charge in [0.1, 0.15) is 0 Å². The molecule has 3 saturated carbocycles. The van der Waals surface area contributed by atoms with Crippen LogP contribution in [-0.4, -0.2) is 37.4 Å². The lowest BCUT2D eigenvalue weighted by Crippen LogP contribution is -2.20. The molecule has 5 nitrogen and oxygen atoms in total. The zero-order valence-corrected chi connectivity index (χ0v) is 15.7. The van der Waals surface area contributed by atoms with Crippen LogP contribution in [0, 0.1) is 23.7 Å². The van der Waals surface area contributed by atoms with E-state index in [9.17, 15) is 9.59 Å². The van der Waals surface area contributed by atoms with E-state index in [4.69, 9.17) is 14.2 Å². The number of hydrogen-bond acceptors (Lipinski definition) is 5. The molecule has 0 radical (unpaired) electrons. The van der Waals surface area contributed by atoms with Gasteiger partial charge in [-0.05, 0) is 81.5 Å². The van der Waals surface area contributed by atoms with Crippen LogP contribution in [0.2, 0.25) is 0 Å². The zero-order valence-electron chi connectivity index (χ0n) is 15.7. The second-order valence-electron chi connectivity index (χ2n) is 8.90. The van der Waals surface area contributed by atoms with Crippen LogP contribution in [0.1, 0.15) is 70.6 Å². The maximum Gasteiger partial charge on any atom is 0.305 e. The van der Waals surface area contributed by atoms with Gasteiger partial charge in [0.15, 0.2) is 0 Å². The van der Waals surface area contributed by atoms with Gasteiger partial charge in [-0.25, -0.2) is 0 Å². The fraction of sp³-hybridized carbons (Fsp3) is 0.905. The molecule has 1 heterocycles. The van der Waals surface area contributed by atoms with E-state index in [1.165, 1.54) is 25.7 Å². The van der Waals surface area contributed by atoms with E-state index in [2.05, 4.69) is 0 Å². The molecule has 0 aromatic carbocycles. The molecule has 1 saturated heterocycles. The first-order valence-electron chi connectivity index (χ1n) is 10.6. The molecule has 4 fully saturated rings. The highest BCUT2D eigenvalue weighted by molar-refractivity contribution is 5.70. The van der Waals surface area contributed by atoms with Crippen molar-refractivity contribution >= 4 is 11.9 Å². The molecule has 0 spiro atoms. The Hall–Kier alpha value is -1.10. The summed E-state index contributed by atoms with van der Waals surface area (Å²) in [6.45, 7) is 1.12. The van der Waals surface area contributed by atoms with Crippen LogP contribution in [-0.2, 0) is 23.8 Å². The fourth-order valence-corrected chi connectivity index (χ4v) is 4.84. The standard InChI is InChI=1S/C21H32O5/c22-20(24-12-14-5-7-16-11-17(16)9-14)3-1-2-4-21(23)25-13-15-6-8-18-19(10-15)26-18/h14-19H,1-13H2. The molecule has 4 rings (SSSR count). The summed E-state index contributed by atoms with van der Waals surface area (Å²) in [5.41, 5.74) is 0. The minimum absolute atomic E-state index is 0.113. The van der Waals surface area contributed by atoms with E-state index in [0.29, 0.717) is 62.9 Å². The molecular formula is C21H32O5. The first kappa shape index (κ1) is 18.3. The van der Waals surface area contributed by atoms with Crippen LogP contribution >= 0.6 is 0 Å². The predicted octanol–water partition coefficient (Wildman–Crippen LogP) is 3.64. The molecular weight excluding hydrogens is 332 g/mol. The van der Waals surface area contributed by atoms with Gasteiger partial charge >= 0.3 is 11.9 Å². The number of ether oxygens (including phenoxy) is 3. The maximum atomic E-state index is 11.8. The molecule has 146 valence electrons. The van der Waals surface area contributed by atoms with Gasteiger partial charge in [0.25, 0.3) is 0 Å². The average Bonchev–Trinajstić information content (AvgIpc) is 3.55. The molecule has 0 aromatic heterocycles. The van der Waals surface area contributed by atoms with Gasteiger partial charge < -0.3 is 14.2 Å². The van der Waals surface area contributed by atoms with Gasteiger partial charge in [-0.2, -0.15) is 0 Å². The summed E-state index contributed by atoms with van der Waals surface area (Å²) in [5, 5.41) is 0. The Balaban J connectivity index is 0.992. The number of carbonyl (C=O) groups is 2. The average molecular weight is 364 g/mol. The molecule has 6 unspecified atom stereocenters. The van der Waals surface area contributed by atoms with E-state index in [0.717, 1.165) is 31.1 Å². The van der Waals surface area contributed by atoms with Crippen molar-refractivity contribution in [1.82, 2.24) is 0 Å². The van der Waals surface area contributed by atoms with Gasteiger partial charge in [-0.15, -0.1) is 0 Å². The monoisotopic (exact) mass is 364 g/mol. The maximum absolute atomic E-state index is 11.8. The highest BCUT2D eigenvalue weighted by atomic mass is 16.6. The van der Waals surface area contributed by atoms with Gasteiger partial charge in [0.2, 0.25) is 0 Å². The number of unbranched alkanes of at least 4 members (excludes halogenated alkanes) is 1. The first-order chi connectivity index (χ1) is 12.7. The molecule has 0 bridgehead atoms. The van der Waals surface area contributed by atoms with E-state index < -0.39 is 0 Å². The quantitative estimate of drug-likeness (QED) is 0.355. The third-order valence-electron chi connectivity index (χ3n) is 6.74. The van der Waals surface area contributed by atoms with Crippen molar-refractivity contribution in [1.29, 1.82) is 0 Å². The lowest BCUT2D eigenvalue weighted by Gasteiger charge is -2.20.